The number of hydrogen-bond acceptors (Lipinski definition) is 2. The van der Waals surface area contributed by atoms with Crippen LogP contribution in [-0.4, -0.2) is 18.6 Å². The monoisotopic (exact) mass is 254 g/mol. The van der Waals surface area contributed by atoms with Gasteiger partial charge in [-0.2, -0.15) is 0 Å². The van der Waals surface area contributed by atoms with E-state index in [1.165, 1.54) is 5.56 Å². The highest BCUT2D eigenvalue weighted by molar-refractivity contribution is 9.10. The first-order valence-electron chi connectivity index (χ1n) is 4.97. The van der Waals surface area contributed by atoms with Crippen molar-refractivity contribution in [2.45, 2.75) is 24.9 Å². The summed E-state index contributed by atoms with van der Waals surface area (Å²) in [5, 5.41) is 3.43. The Morgan fingerprint density at radius 1 is 1.36 bits per heavy atom. The van der Waals surface area contributed by atoms with Gasteiger partial charge in [-0.15, -0.1) is 0 Å². The van der Waals surface area contributed by atoms with E-state index in [9.17, 15) is 0 Å². The van der Waals surface area contributed by atoms with Crippen molar-refractivity contribution in [3.63, 3.8) is 0 Å². The molecule has 3 heteroatoms. The third-order valence-electron chi connectivity index (χ3n) is 2.65. The van der Waals surface area contributed by atoms with Crippen LogP contribution in [0.3, 0.4) is 0 Å². The van der Waals surface area contributed by atoms with Crippen LogP contribution in [0.5, 0.6) is 0 Å². The zero-order chi connectivity index (χ0) is 9.97. The predicted molar refractivity (Wildman–Crippen MR) is 62.2 cm³/mol. The summed E-state index contributed by atoms with van der Waals surface area (Å²) in [5.41, 5.74) is 7.21. The van der Waals surface area contributed by atoms with Crippen molar-refractivity contribution in [3.8, 4) is 0 Å². The fourth-order valence-electron chi connectivity index (χ4n) is 1.91. The maximum Gasteiger partial charge on any atom is 0.0180 e. The summed E-state index contributed by atoms with van der Waals surface area (Å²) in [6, 6.07) is 9.40. The summed E-state index contributed by atoms with van der Waals surface area (Å²) in [6.07, 6.45) is 2.18. The molecule has 0 aliphatic carbocycles. The fourth-order valence-corrected chi connectivity index (χ4v) is 2.18. The van der Waals surface area contributed by atoms with Crippen LogP contribution in [0.15, 0.2) is 28.7 Å². The number of benzene rings is 1. The fraction of sp³-hybridized carbons (Fsp3) is 0.455. The van der Waals surface area contributed by atoms with E-state index < -0.39 is 0 Å². The largest absolute Gasteiger partial charge is 0.326 e. The minimum atomic E-state index is 0.343. The average molecular weight is 255 g/mol. The van der Waals surface area contributed by atoms with E-state index in [-0.39, 0.29) is 0 Å². The molecule has 0 saturated carbocycles. The van der Waals surface area contributed by atoms with Gasteiger partial charge in [0, 0.05) is 23.1 Å². The molecule has 1 fully saturated rings. The highest BCUT2D eigenvalue weighted by atomic mass is 79.9. The predicted octanol–water partition coefficient (Wildman–Crippen LogP) is 1.68. The Labute approximate surface area is 93.0 Å². The molecule has 1 aliphatic rings. The van der Waals surface area contributed by atoms with Crippen LogP contribution in [-0.2, 0) is 6.42 Å². The molecule has 2 atom stereocenters. The first kappa shape index (κ1) is 10.1. The lowest BCUT2D eigenvalue weighted by molar-refractivity contribution is 0.597. The number of halogens is 1. The van der Waals surface area contributed by atoms with Crippen molar-refractivity contribution >= 4 is 15.9 Å². The van der Waals surface area contributed by atoms with Gasteiger partial charge in [0.15, 0.2) is 0 Å². The van der Waals surface area contributed by atoms with Crippen LogP contribution in [0.25, 0.3) is 0 Å². The second kappa shape index (κ2) is 4.43. The summed E-state index contributed by atoms with van der Waals surface area (Å²) in [4.78, 5) is 0. The molecule has 1 heterocycles. The number of rotatable bonds is 2. The molecule has 0 amide bonds. The van der Waals surface area contributed by atoms with Crippen LogP contribution < -0.4 is 11.1 Å². The van der Waals surface area contributed by atoms with Gasteiger partial charge in [0.25, 0.3) is 0 Å². The van der Waals surface area contributed by atoms with Gasteiger partial charge in [-0.25, -0.2) is 0 Å². The number of nitrogens with two attached hydrogens (primary N) is 1. The third kappa shape index (κ3) is 2.56. The van der Waals surface area contributed by atoms with Gasteiger partial charge in [-0.1, -0.05) is 28.1 Å². The molecule has 1 aromatic carbocycles. The summed E-state index contributed by atoms with van der Waals surface area (Å²) in [5.74, 6) is 0. The van der Waals surface area contributed by atoms with Crippen LogP contribution >= 0.6 is 15.9 Å². The SMILES string of the molecule is NC1CNC(Cc2ccc(Br)cc2)C1. The minimum absolute atomic E-state index is 0.343. The van der Waals surface area contributed by atoms with Gasteiger partial charge in [0.05, 0.1) is 0 Å². The number of hydrogen-bond donors (Lipinski definition) is 2. The normalized spacial score (nSPS) is 26.7. The molecule has 0 radical (unpaired) electrons. The first-order chi connectivity index (χ1) is 6.74. The van der Waals surface area contributed by atoms with Gasteiger partial charge in [-0.05, 0) is 30.5 Å². The Kier molecular flexibility index (Phi) is 3.21. The minimum Gasteiger partial charge on any atom is -0.326 e. The van der Waals surface area contributed by atoms with E-state index in [1.54, 1.807) is 0 Å². The van der Waals surface area contributed by atoms with E-state index in [2.05, 4.69) is 45.5 Å². The lowest BCUT2D eigenvalue weighted by Gasteiger charge is -2.09. The molecule has 1 saturated heterocycles. The van der Waals surface area contributed by atoms with E-state index in [4.69, 9.17) is 5.73 Å². The highest BCUT2D eigenvalue weighted by Crippen LogP contribution is 2.15. The smallest absolute Gasteiger partial charge is 0.0180 e. The van der Waals surface area contributed by atoms with Crippen molar-refractivity contribution in [1.29, 1.82) is 0 Å². The second-order valence-electron chi connectivity index (χ2n) is 3.93. The van der Waals surface area contributed by atoms with Crippen molar-refractivity contribution in [3.05, 3.63) is 34.3 Å². The van der Waals surface area contributed by atoms with Crippen LogP contribution in [0, 0.1) is 0 Å². The topological polar surface area (TPSA) is 38.0 Å². The maximum atomic E-state index is 5.83. The van der Waals surface area contributed by atoms with Gasteiger partial charge in [-0.3, -0.25) is 0 Å². The van der Waals surface area contributed by atoms with E-state index in [1.807, 2.05) is 0 Å². The molecule has 1 aliphatic heterocycles. The standard InChI is InChI=1S/C11H15BrN2/c12-9-3-1-8(2-4-9)5-11-6-10(13)7-14-11/h1-4,10-11,14H,5-7,13H2. The van der Waals surface area contributed by atoms with Crippen LogP contribution in [0.1, 0.15) is 12.0 Å². The Balaban J connectivity index is 1.94. The van der Waals surface area contributed by atoms with Crippen LogP contribution in [0.4, 0.5) is 0 Å². The third-order valence-corrected chi connectivity index (χ3v) is 3.18. The molecule has 3 N–H and O–H groups in total. The van der Waals surface area contributed by atoms with Crippen molar-refractivity contribution in [2.24, 2.45) is 5.73 Å². The Hall–Kier alpha value is -0.380. The lowest BCUT2D eigenvalue weighted by atomic mass is 10.0. The quantitative estimate of drug-likeness (QED) is 0.843. The van der Waals surface area contributed by atoms with Crippen LogP contribution in [0.2, 0.25) is 0 Å². The van der Waals surface area contributed by atoms with E-state index >= 15 is 0 Å². The van der Waals surface area contributed by atoms with Crippen molar-refractivity contribution in [1.82, 2.24) is 5.32 Å². The zero-order valence-electron chi connectivity index (χ0n) is 8.04. The Morgan fingerprint density at radius 2 is 2.07 bits per heavy atom. The molecule has 1 aromatic rings. The molecule has 2 unspecified atom stereocenters. The molecule has 0 aromatic heterocycles. The van der Waals surface area contributed by atoms with Crippen molar-refractivity contribution in [2.75, 3.05) is 6.54 Å². The molecule has 76 valence electrons. The maximum absolute atomic E-state index is 5.83. The molecule has 14 heavy (non-hydrogen) atoms. The lowest BCUT2D eigenvalue weighted by Crippen LogP contribution is -2.24. The molecule has 0 bridgehead atoms. The van der Waals surface area contributed by atoms with E-state index in [0.717, 1.165) is 23.9 Å². The zero-order valence-corrected chi connectivity index (χ0v) is 9.63. The summed E-state index contributed by atoms with van der Waals surface area (Å²) in [7, 11) is 0. The summed E-state index contributed by atoms with van der Waals surface area (Å²) in [6.45, 7) is 0.960. The molecule has 2 nitrogen and oxygen atoms in total. The van der Waals surface area contributed by atoms with Gasteiger partial charge in [0.1, 0.15) is 0 Å². The molecule has 0 spiro atoms. The average Bonchev–Trinajstić information content (AvgIpc) is 2.56. The second-order valence-corrected chi connectivity index (χ2v) is 4.85. The Bertz CT molecular complexity index is 297. The highest BCUT2D eigenvalue weighted by Gasteiger charge is 2.20. The number of nitrogens with one attached hydrogen (secondary N) is 1. The van der Waals surface area contributed by atoms with Gasteiger partial charge < -0.3 is 11.1 Å². The summed E-state index contributed by atoms with van der Waals surface area (Å²) >= 11 is 3.43. The van der Waals surface area contributed by atoms with Gasteiger partial charge >= 0.3 is 0 Å². The summed E-state index contributed by atoms with van der Waals surface area (Å²) < 4.78 is 1.14. The van der Waals surface area contributed by atoms with Gasteiger partial charge in [0.2, 0.25) is 0 Å². The van der Waals surface area contributed by atoms with Crippen molar-refractivity contribution < 1.29 is 0 Å². The van der Waals surface area contributed by atoms with E-state index in [0.29, 0.717) is 12.1 Å². The molecular weight excluding hydrogens is 240 g/mol. The molecule has 2 rings (SSSR count). The Morgan fingerprint density at radius 3 is 2.64 bits per heavy atom. The first-order valence-corrected chi connectivity index (χ1v) is 5.77. The molecular formula is C11H15BrN2.